The fourth-order valence-electron chi connectivity index (χ4n) is 0.480. The zero-order valence-electron chi connectivity index (χ0n) is 7.22. The van der Waals surface area contributed by atoms with Crippen LogP contribution in [-0.4, -0.2) is 31.2 Å². The number of hydrazine groups is 1. The summed E-state index contributed by atoms with van der Waals surface area (Å²) in [5, 5.41) is 2.38. The molecular formula is C6H12ClN3O3. The van der Waals surface area contributed by atoms with Crippen LogP contribution in [0.5, 0.6) is 0 Å². The van der Waals surface area contributed by atoms with E-state index >= 15 is 0 Å². The van der Waals surface area contributed by atoms with Gasteiger partial charge in [-0.25, -0.2) is 20.4 Å². The third-order valence-corrected chi connectivity index (χ3v) is 1.12. The molecule has 13 heavy (non-hydrogen) atoms. The topological polar surface area (TPSA) is 79.5 Å². The van der Waals surface area contributed by atoms with Crippen molar-refractivity contribution in [3.05, 3.63) is 0 Å². The quantitative estimate of drug-likeness (QED) is 0.459. The normalized spacial score (nSPS) is 8.77. The van der Waals surface area contributed by atoms with Gasteiger partial charge in [-0.15, -0.1) is 11.6 Å². The summed E-state index contributed by atoms with van der Waals surface area (Å²) < 4.78 is 4.48. The first-order valence-corrected chi connectivity index (χ1v) is 4.26. The maximum absolute atomic E-state index is 10.8. The molecule has 0 aromatic heterocycles. The summed E-state index contributed by atoms with van der Waals surface area (Å²) in [5.41, 5.74) is 4.09. The maximum Gasteiger partial charge on any atom is 0.426 e. The average Bonchev–Trinajstić information content (AvgIpc) is 2.12. The first kappa shape index (κ1) is 11.8. The Morgan fingerprint density at radius 1 is 1.38 bits per heavy atom. The molecule has 6 nitrogen and oxygen atoms in total. The van der Waals surface area contributed by atoms with E-state index in [-0.39, 0.29) is 6.61 Å². The molecule has 7 heteroatoms. The average molecular weight is 210 g/mol. The largest absolute Gasteiger partial charge is 0.449 e. The van der Waals surface area contributed by atoms with Crippen LogP contribution in [0, 0.1) is 0 Å². The highest BCUT2D eigenvalue weighted by atomic mass is 35.5. The Kier molecular flexibility index (Phi) is 6.80. The Bertz CT molecular complexity index is 177. The van der Waals surface area contributed by atoms with Crippen LogP contribution in [0.1, 0.15) is 6.92 Å². The van der Waals surface area contributed by atoms with Crippen LogP contribution < -0.4 is 16.2 Å². The fourth-order valence-corrected chi connectivity index (χ4v) is 0.574. The Hall–Kier alpha value is -1.17. The van der Waals surface area contributed by atoms with Crippen molar-refractivity contribution < 1.29 is 14.3 Å². The van der Waals surface area contributed by atoms with Crippen LogP contribution >= 0.6 is 11.6 Å². The van der Waals surface area contributed by atoms with Crippen molar-refractivity contribution in [1.82, 2.24) is 16.2 Å². The molecule has 0 heterocycles. The number of halogens is 1. The number of ether oxygens (including phenoxy) is 1. The number of nitrogens with one attached hydrogen (secondary N) is 3. The van der Waals surface area contributed by atoms with Gasteiger partial charge in [0.05, 0.1) is 6.61 Å². The Morgan fingerprint density at radius 3 is 2.62 bits per heavy atom. The van der Waals surface area contributed by atoms with Gasteiger partial charge in [-0.2, -0.15) is 0 Å². The summed E-state index contributed by atoms with van der Waals surface area (Å²) in [6.45, 7) is 2.24. The van der Waals surface area contributed by atoms with Gasteiger partial charge in [0.15, 0.2) is 0 Å². The van der Waals surface area contributed by atoms with E-state index < -0.39 is 12.1 Å². The van der Waals surface area contributed by atoms with Gasteiger partial charge in [-0.1, -0.05) is 0 Å². The molecule has 0 rings (SSSR count). The standard InChI is InChI=1S/C6H12ClN3O3/c1-2-13-6(12)10-9-5(11)8-4-3-7/h2-4H2,1H3,(H,10,12)(H2,8,9,11). The lowest BCUT2D eigenvalue weighted by Crippen LogP contribution is -2.47. The van der Waals surface area contributed by atoms with E-state index in [9.17, 15) is 9.59 Å². The van der Waals surface area contributed by atoms with Crippen molar-refractivity contribution in [2.45, 2.75) is 6.92 Å². The number of rotatable bonds is 3. The molecule has 0 spiro atoms. The van der Waals surface area contributed by atoms with Gasteiger partial charge in [0.1, 0.15) is 0 Å². The predicted octanol–water partition coefficient (Wildman–Crippen LogP) is 0.185. The molecule has 0 saturated carbocycles. The molecule has 0 aliphatic rings. The van der Waals surface area contributed by atoms with Crippen LogP contribution in [0.4, 0.5) is 9.59 Å². The Morgan fingerprint density at radius 2 is 2.08 bits per heavy atom. The zero-order valence-corrected chi connectivity index (χ0v) is 7.98. The predicted molar refractivity (Wildman–Crippen MR) is 47.4 cm³/mol. The minimum Gasteiger partial charge on any atom is -0.449 e. The molecule has 0 bridgehead atoms. The van der Waals surface area contributed by atoms with E-state index in [0.29, 0.717) is 12.4 Å². The number of carbonyl (C=O) groups excluding carboxylic acids is 2. The van der Waals surface area contributed by atoms with Crippen LogP contribution in [0.3, 0.4) is 0 Å². The van der Waals surface area contributed by atoms with E-state index in [1.165, 1.54) is 0 Å². The van der Waals surface area contributed by atoms with E-state index in [1.54, 1.807) is 6.92 Å². The van der Waals surface area contributed by atoms with Crippen LogP contribution in [0.15, 0.2) is 0 Å². The lowest BCUT2D eigenvalue weighted by molar-refractivity contribution is 0.147. The lowest BCUT2D eigenvalue weighted by Gasteiger charge is -2.07. The zero-order chi connectivity index (χ0) is 10.1. The van der Waals surface area contributed by atoms with Gasteiger partial charge in [0, 0.05) is 12.4 Å². The molecule has 0 aromatic rings. The first-order valence-electron chi connectivity index (χ1n) is 3.73. The van der Waals surface area contributed by atoms with Gasteiger partial charge < -0.3 is 10.1 Å². The highest BCUT2D eigenvalue weighted by Gasteiger charge is 2.01. The monoisotopic (exact) mass is 209 g/mol. The van der Waals surface area contributed by atoms with Gasteiger partial charge in [0.25, 0.3) is 0 Å². The second kappa shape index (κ2) is 7.48. The van der Waals surface area contributed by atoms with Gasteiger partial charge in [-0.3, -0.25) is 0 Å². The fraction of sp³-hybridized carbons (Fsp3) is 0.667. The van der Waals surface area contributed by atoms with Crippen molar-refractivity contribution in [3.8, 4) is 0 Å². The first-order chi connectivity index (χ1) is 6.20. The molecular weight excluding hydrogens is 198 g/mol. The SMILES string of the molecule is CCOC(=O)NNC(=O)NCCCl. The molecule has 0 unspecified atom stereocenters. The molecule has 0 aromatic carbocycles. The number of hydrogen-bond donors (Lipinski definition) is 3. The second-order valence-corrected chi connectivity index (χ2v) is 2.29. The van der Waals surface area contributed by atoms with Crippen LogP contribution in [0.2, 0.25) is 0 Å². The maximum atomic E-state index is 10.8. The van der Waals surface area contributed by atoms with Crippen LogP contribution in [0.25, 0.3) is 0 Å². The van der Waals surface area contributed by atoms with Crippen molar-refractivity contribution in [2.75, 3.05) is 19.0 Å². The Labute approximate surface area is 80.9 Å². The Balaban J connectivity index is 3.40. The van der Waals surface area contributed by atoms with Crippen molar-refractivity contribution >= 4 is 23.7 Å². The summed E-state index contributed by atoms with van der Waals surface area (Å²) in [6.07, 6.45) is -0.705. The van der Waals surface area contributed by atoms with Crippen molar-refractivity contribution in [1.29, 1.82) is 0 Å². The van der Waals surface area contributed by atoms with Crippen LogP contribution in [-0.2, 0) is 4.74 Å². The minimum absolute atomic E-state index is 0.247. The summed E-state index contributed by atoms with van der Waals surface area (Å²) in [4.78, 5) is 21.4. The number of urea groups is 1. The molecule has 0 aliphatic carbocycles. The number of alkyl halides is 1. The molecule has 0 fully saturated rings. The molecule has 76 valence electrons. The molecule has 3 N–H and O–H groups in total. The van der Waals surface area contributed by atoms with Crippen molar-refractivity contribution in [3.63, 3.8) is 0 Å². The third kappa shape index (κ3) is 7.20. The highest BCUT2D eigenvalue weighted by molar-refractivity contribution is 6.18. The molecule has 0 saturated heterocycles. The third-order valence-electron chi connectivity index (χ3n) is 0.934. The van der Waals surface area contributed by atoms with Gasteiger partial charge in [-0.05, 0) is 6.92 Å². The summed E-state index contributed by atoms with van der Waals surface area (Å²) in [6, 6.07) is -0.534. The number of carbonyl (C=O) groups is 2. The molecule has 0 aliphatic heterocycles. The summed E-state index contributed by atoms with van der Waals surface area (Å²) in [5.74, 6) is 0.312. The molecule has 0 radical (unpaired) electrons. The summed E-state index contributed by atoms with van der Waals surface area (Å²) >= 11 is 5.30. The van der Waals surface area contributed by atoms with Gasteiger partial charge in [0.2, 0.25) is 0 Å². The second-order valence-electron chi connectivity index (χ2n) is 1.92. The molecule has 0 atom stereocenters. The lowest BCUT2D eigenvalue weighted by atomic mass is 10.7. The van der Waals surface area contributed by atoms with Crippen molar-refractivity contribution in [2.24, 2.45) is 0 Å². The van der Waals surface area contributed by atoms with E-state index in [1.807, 2.05) is 5.43 Å². The van der Waals surface area contributed by atoms with E-state index in [4.69, 9.17) is 11.6 Å². The summed E-state index contributed by atoms with van der Waals surface area (Å²) in [7, 11) is 0. The van der Waals surface area contributed by atoms with E-state index in [2.05, 4.69) is 15.5 Å². The number of amides is 3. The van der Waals surface area contributed by atoms with Gasteiger partial charge >= 0.3 is 12.1 Å². The number of hydrogen-bond acceptors (Lipinski definition) is 3. The van der Waals surface area contributed by atoms with E-state index in [0.717, 1.165) is 0 Å². The molecule has 3 amide bonds. The minimum atomic E-state index is -0.705. The smallest absolute Gasteiger partial charge is 0.426 e. The highest BCUT2D eigenvalue weighted by Crippen LogP contribution is 1.73.